The molecule has 0 heterocycles. The maximum atomic E-state index is 11.1. The normalized spacial score (nSPS) is 12.7. The highest BCUT2D eigenvalue weighted by molar-refractivity contribution is 6.36. The third-order valence-electron chi connectivity index (χ3n) is 1.66. The van der Waals surface area contributed by atoms with Gasteiger partial charge >= 0.3 is 5.97 Å². The number of hydrogen-bond acceptors (Lipinski definition) is 4. The van der Waals surface area contributed by atoms with Gasteiger partial charge in [0.15, 0.2) is 0 Å². The minimum absolute atomic E-state index is 0.235. The second kappa shape index (κ2) is 6.79. The first-order valence-electron chi connectivity index (χ1n) is 4.71. The molecule has 0 amide bonds. The highest BCUT2D eigenvalue weighted by atomic mass is 35.5. The van der Waals surface area contributed by atoms with Gasteiger partial charge in [0.2, 0.25) is 5.50 Å². The number of nitrogens with zero attached hydrogens (tertiary/aromatic N) is 2. The van der Waals surface area contributed by atoms with E-state index >= 15 is 0 Å². The molecule has 0 saturated heterocycles. The van der Waals surface area contributed by atoms with Crippen LogP contribution in [0.4, 0.5) is 5.69 Å². The second-order valence-electron chi connectivity index (χ2n) is 2.90. The first kappa shape index (κ1) is 14.2. The number of esters is 1. The summed E-state index contributed by atoms with van der Waals surface area (Å²) < 4.78 is 4.66. The van der Waals surface area contributed by atoms with Crippen LogP contribution < -0.4 is 0 Å². The molecule has 7 heteroatoms. The van der Waals surface area contributed by atoms with Gasteiger partial charge in [-0.1, -0.05) is 34.8 Å². The van der Waals surface area contributed by atoms with Gasteiger partial charge in [-0.15, -0.1) is 0 Å². The zero-order chi connectivity index (χ0) is 12.8. The molecule has 0 aliphatic rings. The zero-order valence-corrected chi connectivity index (χ0v) is 11.1. The fourth-order valence-electron chi connectivity index (χ4n) is 0.933. The van der Waals surface area contributed by atoms with Crippen molar-refractivity contribution in [3.05, 3.63) is 28.2 Å². The topological polar surface area (TPSA) is 51.0 Å². The Morgan fingerprint density at radius 2 is 2.18 bits per heavy atom. The number of azo groups is 1. The largest absolute Gasteiger partial charge is 0.463 e. The summed E-state index contributed by atoms with van der Waals surface area (Å²) in [5, 5.41) is 8.16. The van der Waals surface area contributed by atoms with Gasteiger partial charge in [-0.05, 0) is 25.1 Å². The van der Waals surface area contributed by atoms with Crippen LogP contribution in [0.1, 0.15) is 6.92 Å². The van der Waals surface area contributed by atoms with Gasteiger partial charge in [-0.2, -0.15) is 10.2 Å². The first-order valence-corrected chi connectivity index (χ1v) is 5.90. The first-order chi connectivity index (χ1) is 8.04. The maximum Gasteiger partial charge on any atom is 0.348 e. The third-order valence-corrected chi connectivity index (χ3v) is 2.46. The molecule has 1 rings (SSSR count). The van der Waals surface area contributed by atoms with E-state index in [9.17, 15) is 4.79 Å². The summed E-state index contributed by atoms with van der Waals surface area (Å²) in [5.74, 6) is -0.650. The monoisotopic (exact) mass is 294 g/mol. The highest BCUT2D eigenvalue weighted by Crippen LogP contribution is 2.28. The Bertz CT molecular complexity index is 438. The average Bonchev–Trinajstić information content (AvgIpc) is 2.27. The van der Waals surface area contributed by atoms with Crippen LogP contribution in [0.15, 0.2) is 28.4 Å². The van der Waals surface area contributed by atoms with Crippen LogP contribution in [-0.4, -0.2) is 18.1 Å². The van der Waals surface area contributed by atoms with Crippen LogP contribution in [0.2, 0.25) is 10.0 Å². The van der Waals surface area contributed by atoms with Crippen LogP contribution in [0.3, 0.4) is 0 Å². The molecule has 1 atom stereocenters. The van der Waals surface area contributed by atoms with Crippen molar-refractivity contribution in [1.82, 2.24) is 0 Å². The number of rotatable bonds is 4. The number of benzene rings is 1. The Morgan fingerprint density at radius 1 is 1.47 bits per heavy atom. The summed E-state index contributed by atoms with van der Waals surface area (Å²) in [5.41, 5.74) is -0.798. The zero-order valence-electron chi connectivity index (χ0n) is 8.86. The smallest absolute Gasteiger partial charge is 0.348 e. The fourth-order valence-corrected chi connectivity index (χ4v) is 1.49. The standard InChI is InChI=1S/C10H9Cl3N2O2/c1-2-17-10(16)9(13)15-14-8-4-3-6(11)5-7(8)12/h3-5,9H,2H2,1H3. The van der Waals surface area contributed by atoms with Crippen LogP contribution in [0.25, 0.3) is 0 Å². The lowest BCUT2D eigenvalue weighted by atomic mass is 10.3. The molecule has 1 aromatic carbocycles. The number of carbonyl (C=O) groups is 1. The molecular weight excluding hydrogens is 286 g/mol. The minimum atomic E-state index is -1.18. The minimum Gasteiger partial charge on any atom is -0.463 e. The lowest BCUT2D eigenvalue weighted by Gasteiger charge is -2.02. The maximum absolute atomic E-state index is 11.1. The Hall–Kier alpha value is -0.840. The van der Waals surface area contributed by atoms with Crippen molar-refractivity contribution in [3.63, 3.8) is 0 Å². The van der Waals surface area contributed by atoms with Crippen molar-refractivity contribution in [2.24, 2.45) is 10.2 Å². The van der Waals surface area contributed by atoms with Gasteiger partial charge in [-0.3, -0.25) is 0 Å². The van der Waals surface area contributed by atoms with Crippen molar-refractivity contribution in [2.75, 3.05) is 6.61 Å². The second-order valence-corrected chi connectivity index (χ2v) is 4.16. The molecule has 1 unspecified atom stereocenters. The van der Waals surface area contributed by atoms with Gasteiger partial charge < -0.3 is 4.74 Å². The summed E-state index contributed by atoms with van der Waals surface area (Å²) >= 11 is 17.2. The summed E-state index contributed by atoms with van der Waals surface area (Å²) in [7, 11) is 0. The Kier molecular flexibility index (Phi) is 5.68. The molecule has 0 bridgehead atoms. The number of carbonyl (C=O) groups excluding carboxylic acids is 1. The van der Waals surface area contributed by atoms with E-state index in [-0.39, 0.29) is 6.61 Å². The van der Waals surface area contributed by atoms with Crippen LogP contribution in [-0.2, 0) is 9.53 Å². The SMILES string of the molecule is CCOC(=O)C(Cl)N=Nc1ccc(Cl)cc1Cl. The highest BCUT2D eigenvalue weighted by Gasteiger charge is 2.15. The van der Waals surface area contributed by atoms with E-state index in [1.54, 1.807) is 19.1 Å². The molecule has 0 aliphatic heterocycles. The molecule has 0 saturated carbocycles. The van der Waals surface area contributed by atoms with E-state index in [2.05, 4.69) is 15.0 Å². The van der Waals surface area contributed by atoms with Gasteiger partial charge in [0.1, 0.15) is 5.69 Å². The number of halogens is 3. The summed E-state index contributed by atoms with van der Waals surface area (Å²) in [6.07, 6.45) is 0. The summed E-state index contributed by atoms with van der Waals surface area (Å²) in [6.45, 7) is 1.91. The van der Waals surface area contributed by atoms with Crippen molar-refractivity contribution in [2.45, 2.75) is 12.4 Å². The molecule has 1 aromatic rings. The van der Waals surface area contributed by atoms with Gasteiger partial charge in [0, 0.05) is 5.02 Å². The molecule has 0 aliphatic carbocycles. The molecule has 0 spiro atoms. The van der Waals surface area contributed by atoms with Crippen LogP contribution >= 0.6 is 34.8 Å². The van der Waals surface area contributed by atoms with Gasteiger partial charge in [0.05, 0.1) is 11.6 Å². The summed E-state index contributed by atoms with van der Waals surface area (Å²) in [4.78, 5) is 11.1. The van der Waals surface area contributed by atoms with E-state index in [1.807, 2.05) is 0 Å². The number of hydrogen-bond donors (Lipinski definition) is 0. The molecule has 4 nitrogen and oxygen atoms in total. The van der Waals surface area contributed by atoms with Crippen LogP contribution in [0, 0.1) is 0 Å². The third kappa shape index (κ3) is 4.50. The lowest BCUT2D eigenvalue weighted by Crippen LogP contribution is -2.14. The molecule has 17 heavy (non-hydrogen) atoms. The van der Waals surface area contributed by atoms with E-state index in [0.29, 0.717) is 15.7 Å². The fraction of sp³-hybridized carbons (Fsp3) is 0.300. The molecule has 0 fully saturated rings. The van der Waals surface area contributed by atoms with Gasteiger partial charge in [0.25, 0.3) is 0 Å². The van der Waals surface area contributed by atoms with E-state index in [4.69, 9.17) is 34.8 Å². The Balaban J connectivity index is 2.73. The Morgan fingerprint density at radius 3 is 2.76 bits per heavy atom. The van der Waals surface area contributed by atoms with E-state index in [0.717, 1.165) is 0 Å². The number of ether oxygens (including phenoxy) is 1. The predicted octanol–water partition coefficient (Wildman–Crippen LogP) is 4.21. The average molecular weight is 296 g/mol. The summed E-state index contributed by atoms with van der Waals surface area (Å²) in [6, 6.07) is 4.70. The molecule has 92 valence electrons. The van der Waals surface area contributed by atoms with Gasteiger partial charge in [-0.25, -0.2) is 4.79 Å². The molecule has 0 radical (unpaired) electrons. The van der Waals surface area contributed by atoms with E-state index in [1.165, 1.54) is 6.07 Å². The Labute approximate surface area is 114 Å². The van der Waals surface area contributed by atoms with Crippen molar-refractivity contribution in [1.29, 1.82) is 0 Å². The predicted molar refractivity (Wildman–Crippen MR) is 67.3 cm³/mol. The van der Waals surface area contributed by atoms with Crippen molar-refractivity contribution < 1.29 is 9.53 Å². The molecule has 0 N–H and O–H groups in total. The van der Waals surface area contributed by atoms with Crippen molar-refractivity contribution in [3.8, 4) is 0 Å². The number of alkyl halides is 1. The molecular formula is C10H9Cl3N2O2. The van der Waals surface area contributed by atoms with Crippen LogP contribution in [0.5, 0.6) is 0 Å². The molecule has 0 aromatic heterocycles. The quantitative estimate of drug-likeness (QED) is 0.362. The van der Waals surface area contributed by atoms with Crippen molar-refractivity contribution >= 4 is 46.5 Å². The van der Waals surface area contributed by atoms with E-state index < -0.39 is 11.5 Å². The lowest BCUT2D eigenvalue weighted by molar-refractivity contribution is -0.142.